The predicted octanol–water partition coefficient (Wildman–Crippen LogP) is 1.21. The number of sulfone groups is 1. The van der Waals surface area contributed by atoms with Crippen molar-refractivity contribution in [1.29, 1.82) is 0 Å². The summed E-state index contributed by atoms with van der Waals surface area (Å²) in [5.74, 6) is 0.699. The summed E-state index contributed by atoms with van der Waals surface area (Å²) in [7, 11) is -3.03. The molecule has 1 rings (SSSR count). The van der Waals surface area contributed by atoms with Crippen molar-refractivity contribution >= 4 is 45.9 Å². The van der Waals surface area contributed by atoms with Crippen LogP contribution in [0.25, 0.3) is 0 Å². The third kappa shape index (κ3) is 10.7. The zero-order chi connectivity index (χ0) is 18.4. The van der Waals surface area contributed by atoms with E-state index in [9.17, 15) is 13.2 Å². The summed E-state index contributed by atoms with van der Waals surface area (Å²) in [6.45, 7) is 9.70. The Morgan fingerprint density at radius 1 is 1.36 bits per heavy atom. The summed E-state index contributed by atoms with van der Waals surface area (Å²) in [4.78, 5) is 18.2. The number of carbonyl (C=O) groups is 1. The maximum Gasteiger partial charge on any atom is 0.407 e. The molecule has 0 radical (unpaired) electrons. The Labute approximate surface area is 168 Å². The van der Waals surface area contributed by atoms with Gasteiger partial charge in [0.25, 0.3) is 0 Å². The van der Waals surface area contributed by atoms with Crippen LogP contribution < -0.4 is 10.6 Å². The van der Waals surface area contributed by atoms with Crippen LogP contribution in [0, 0.1) is 0 Å². The molecular weight excluding hydrogens is 459 g/mol. The smallest absolute Gasteiger partial charge is 0.407 e. The summed E-state index contributed by atoms with van der Waals surface area (Å²) in [6.07, 6.45) is 1.57. The molecule has 1 saturated heterocycles. The van der Waals surface area contributed by atoms with Crippen LogP contribution >= 0.6 is 24.0 Å². The lowest BCUT2D eigenvalue weighted by Crippen LogP contribution is -2.44. The van der Waals surface area contributed by atoms with Crippen LogP contribution in [0.15, 0.2) is 4.99 Å². The lowest BCUT2D eigenvalue weighted by Gasteiger charge is -2.23. The summed E-state index contributed by atoms with van der Waals surface area (Å²) in [5, 5.41) is 6.02. The van der Waals surface area contributed by atoms with Crippen LogP contribution in [-0.2, 0) is 14.6 Å². The largest absolute Gasteiger partial charge is 0.444 e. The fourth-order valence-electron chi connectivity index (χ4n) is 2.29. The molecule has 0 aromatic rings. The minimum atomic E-state index is -3.03. The van der Waals surface area contributed by atoms with Crippen molar-refractivity contribution in [3.8, 4) is 0 Å². The molecule has 1 fully saturated rings. The number of ether oxygens (including phenoxy) is 1. The van der Waals surface area contributed by atoms with Crippen molar-refractivity contribution in [3.05, 3.63) is 0 Å². The summed E-state index contributed by atoms with van der Waals surface area (Å²) in [5.41, 5.74) is -0.523. The minimum absolute atomic E-state index is 0. The zero-order valence-corrected chi connectivity index (χ0v) is 18.8. The molecule has 1 amide bonds. The van der Waals surface area contributed by atoms with E-state index in [1.165, 1.54) is 6.26 Å². The predicted molar refractivity (Wildman–Crippen MR) is 110 cm³/mol. The molecule has 8 nitrogen and oxygen atoms in total. The second-order valence-corrected chi connectivity index (χ2v) is 9.20. The maximum absolute atomic E-state index is 11.8. The number of aliphatic imine (C=N–C) groups is 1. The number of guanidine groups is 1. The van der Waals surface area contributed by atoms with Crippen molar-refractivity contribution in [2.75, 3.05) is 38.2 Å². The van der Waals surface area contributed by atoms with Crippen molar-refractivity contribution in [1.82, 2.24) is 15.5 Å². The molecule has 0 aliphatic carbocycles. The SMILES string of the molecule is CCNC(=NCCS(C)(=O)=O)N1CCC(NC(=O)OC(C)(C)C)C1.I. The van der Waals surface area contributed by atoms with Gasteiger partial charge in [-0.15, -0.1) is 24.0 Å². The van der Waals surface area contributed by atoms with Gasteiger partial charge in [0.1, 0.15) is 15.4 Å². The normalized spacial score (nSPS) is 18.5. The Morgan fingerprint density at radius 2 is 2.00 bits per heavy atom. The Bertz CT molecular complexity index is 560. The van der Waals surface area contributed by atoms with Crippen LogP contribution in [0.5, 0.6) is 0 Å². The highest BCUT2D eigenvalue weighted by Gasteiger charge is 2.27. The van der Waals surface area contributed by atoms with Gasteiger partial charge in [-0.05, 0) is 34.1 Å². The van der Waals surface area contributed by atoms with E-state index >= 15 is 0 Å². The quantitative estimate of drug-likeness (QED) is 0.342. The molecule has 0 aromatic carbocycles. The molecule has 1 aliphatic heterocycles. The van der Waals surface area contributed by atoms with E-state index in [1.807, 2.05) is 32.6 Å². The second-order valence-electron chi connectivity index (χ2n) is 6.94. The van der Waals surface area contributed by atoms with Crippen LogP contribution in [0.1, 0.15) is 34.1 Å². The Balaban J connectivity index is 0.00000576. The first kappa shape index (κ1) is 24.2. The van der Waals surface area contributed by atoms with Crippen LogP contribution in [-0.4, -0.2) is 75.2 Å². The van der Waals surface area contributed by atoms with Gasteiger partial charge in [-0.25, -0.2) is 13.2 Å². The average Bonchev–Trinajstić information content (AvgIpc) is 2.82. The first-order chi connectivity index (χ1) is 11.0. The number of rotatable bonds is 5. The van der Waals surface area contributed by atoms with E-state index in [-0.39, 0.29) is 42.3 Å². The molecular formula is C15H31IN4O4S. The van der Waals surface area contributed by atoms with E-state index in [1.54, 1.807) is 0 Å². The molecule has 0 spiro atoms. The van der Waals surface area contributed by atoms with Gasteiger partial charge in [0.2, 0.25) is 0 Å². The minimum Gasteiger partial charge on any atom is -0.444 e. The summed E-state index contributed by atoms with van der Waals surface area (Å²) in [6, 6.07) is -0.0152. The number of hydrogen-bond donors (Lipinski definition) is 2. The molecule has 0 saturated carbocycles. The van der Waals surface area contributed by atoms with Crippen LogP contribution in [0.4, 0.5) is 4.79 Å². The van der Waals surface area contributed by atoms with Gasteiger partial charge in [-0.3, -0.25) is 4.99 Å². The third-order valence-electron chi connectivity index (χ3n) is 3.27. The van der Waals surface area contributed by atoms with E-state index in [0.29, 0.717) is 19.0 Å². The molecule has 0 aromatic heterocycles. The average molecular weight is 490 g/mol. The monoisotopic (exact) mass is 490 g/mol. The number of carbonyl (C=O) groups excluding carboxylic acids is 1. The standard InChI is InChI=1S/C15H30N4O4S.HI/c1-6-16-13(17-8-10-24(5,21)22)19-9-7-12(11-19)18-14(20)23-15(2,3)4;/h12H,6-11H2,1-5H3,(H,16,17)(H,18,20);1H. The van der Waals surface area contributed by atoms with E-state index in [0.717, 1.165) is 13.0 Å². The molecule has 10 heteroatoms. The second kappa shape index (κ2) is 10.4. The molecule has 0 bridgehead atoms. The molecule has 148 valence electrons. The third-order valence-corrected chi connectivity index (χ3v) is 4.19. The zero-order valence-electron chi connectivity index (χ0n) is 15.7. The van der Waals surface area contributed by atoms with Crippen molar-refractivity contribution in [3.63, 3.8) is 0 Å². The molecule has 1 heterocycles. The Morgan fingerprint density at radius 3 is 2.52 bits per heavy atom. The van der Waals surface area contributed by atoms with Gasteiger partial charge >= 0.3 is 6.09 Å². The highest BCUT2D eigenvalue weighted by atomic mass is 127. The number of halogens is 1. The molecule has 1 atom stereocenters. The van der Waals surface area contributed by atoms with E-state index in [4.69, 9.17) is 4.74 Å². The van der Waals surface area contributed by atoms with Gasteiger partial charge < -0.3 is 20.3 Å². The Hall–Kier alpha value is -0.780. The fourth-order valence-corrected chi connectivity index (χ4v) is 2.71. The maximum atomic E-state index is 11.8. The molecule has 1 aliphatic rings. The van der Waals surface area contributed by atoms with Gasteiger partial charge in [0, 0.05) is 25.9 Å². The van der Waals surface area contributed by atoms with Crippen LogP contribution in [0.2, 0.25) is 0 Å². The molecule has 2 N–H and O–H groups in total. The Kier molecular flexibility index (Phi) is 10.1. The number of hydrogen-bond acceptors (Lipinski definition) is 5. The first-order valence-corrected chi connectivity index (χ1v) is 10.3. The van der Waals surface area contributed by atoms with Gasteiger partial charge in [0.05, 0.1) is 18.3 Å². The number of nitrogens with zero attached hydrogens (tertiary/aromatic N) is 2. The fraction of sp³-hybridized carbons (Fsp3) is 0.867. The summed E-state index contributed by atoms with van der Waals surface area (Å²) < 4.78 is 27.7. The molecule has 25 heavy (non-hydrogen) atoms. The lowest BCUT2D eigenvalue weighted by molar-refractivity contribution is 0.0507. The number of likely N-dealkylation sites (tertiary alicyclic amines) is 1. The topological polar surface area (TPSA) is 100 Å². The highest BCUT2D eigenvalue weighted by Crippen LogP contribution is 2.12. The van der Waals surface area contributed by atoms with Gasteiger partial charge in [0.15, 0.2) is 5.96 Å². The van der Waals surface area contributed by atoms with Gasteiger partial charge in [-0.2, -0.15) is 0 Å². The van der Waals surface area contributed by atoms with E-state index in [2.05, 4.69) is 15.6 Å². The summed E-state index contributed by atoms with van der Waals surface area (Å²) >= 11 is 0. The van der Waals surface area contributed by atoms with Crippen LogP contribution in [0.3, 0.4) is 0 Å². The van der Waals surface area contributed by atoms with Gasteiger partial charge in [-0.1, -0.05) is 0 Å². The van der Waals surface area contributed by atoms with E-state index < -0.39 is 21.5 Å². The number of nitrogens with one attached hydrogen (secondary N) is 2. The number of alkyl carbamates (subject to hydrolysis) is 1. The highest BCUT2D eigenvalue weighted by molar-refractivity contribution is 14.0. The lowest BCUT2D eigenvalue weighted by atomic mass is 10.2. The molecule has 1 unspecified atom stereocenters. The van der Waals surface area contributed by atoms with Crippen molar-refractivity contribution in [2.24, 2.45) is 4.99 Å². The van der Waals surface area contributed by atoms with Crippen molar-refractivity contribution in [2.45, 2.75) is 45.8 Å². The van der Waals surface area contributed by atoms with Crippen molar-refractivity contribution < 1.29 is 17.9 Å². The number of amides is 1. The first-order valence-electron chi connectivity index (χ1n) is 8.20.